The van der Waals surface area contributed by atoms with Gasteiger partial charge in [-0.25, -0.2) is 0 Å². The van der Waals surface area contributed by atoms with Gasteiger partial charge in [-0.1, -0.05) is 18.2 Å². The van der Waals surface area contributed by atoms with Gasteiger partial charge in [-0.15, -0.1) is 0 Å². The average Bonchev–Trinajstić information content (AvgIpc) is 2.81. The van der Waals surface area contributed by atoms with E-state index in [4.69, 9.17) is 9.47 Å². The summed E-state index contributed by atoms with van der Waals surface area (Å²) in [6, 6.07) is 11.5. The molecule has 33 heavy (non-hydrogen) atoms. The molecule has 0 spiro atoms. The molecule has 6 nitrogen and oxygen atoms in total. The fourth-order valence-electron chi connectivity index (χ4n) is 3.70. The number of rotatable bonds is 7. The van der Waals surface area contributed by atoms with Crippen molar-refractivity contribution in [2.24, 2.45) is 0 Å². The minimum absolute atomic E-state index is 0.0982. The highest BCUT2D eigenvalue weighted by molar-refractivity contribution is 5.96. The number of carbonyl (C=O) groups excluding carboxylic acids is 2. The number of morpholine rings is 1. The molecule has 1 aliphatic heterocycles. The van der Waals surface area contributed by atoms with Crippen LogP contribution in [0.5, 0.6) is 0 Å². The van der Waals surface area contributed by atoms with E-state index in [1.165, 1.54) is 24.1 Å². The summed E-state index contributed by atoms with van der Waals surface area (Å²) in [5, 5.41) is 0. The summed E-state index contributed by atoms with van der Waals surface area (Å²) in [6.07, 6.45) is -4.90. The van der Waals surface area contributed by atoms with E-state index < -0.39 is 23.8 Å². The topological polar surface area (TPSA) is 59.1 Å². The number of halogens is 3. The molecule has 1 heterocycles. The van der Waals surface area contributed by atoms with Crippen molar-refractivity contribution in [3.63, 3.8) is 0 Å². The first-order chi connectivity index (χ1) is 15.7. The van der Waals surface area contributed by atoms with Crippen LogP contribution in [-0.2, 0) is 15.7 Å². The third kappa shape index (κ3) is 6.33. The maximum absolute atomic E-state index is 13.0. The summed E-state index contributed by atoms with van der Waals surface area (Å²) in [5.74, 6) is -0.523. The van der Waals surface area contributed by atoms with Crippen LogP contribution in [0, 0.1) is 6.92 Å². The molecule has 0 aromatic heterocycles. The van der Waals surface area contributed by atoms with Crippen LogP contribution in [0.1, 0.15) is 31.8 Å². The minimum atomic E-state index is -4.47. The van der Waals surface area contributed by atoms with Crippen molar-refractivity contribution in [1.29, 1.82) is 0 Å². The smallest absolute Gasteiger partial charge is 0.383 e. The number of nitrogens with zero attached hydrogens (tertiary/aromatic N) is 2. The number of amides is 2. The van der Waals surface area contributed by atoms with Crippen molar-refractivity contribution in [3.05, 3.63) is 70.8 Å². The maximum Gasteiger partial charge on any atom is 0.416 e. The molecule has 3 rings (SSSR count). The summed E-state index contributed by atoms with van der Waals surface area (Å²) in [5.41, 5.74) is 0.825. The molecule has 9 heteroatoms. The van der Waals surface area contributed by atoms with Crippen molar-refractivity contribution in [3.8, 4) is 0 Å². The Morgan fingerprint density at radius 2 is 1.85 bits per heavy atom. The Bertz CT molecular complexity index is 963. The summed E-state index contributed by atoms with van der Waals surface area (Å²) in [4.78, 5) is 29.2. The van der Waals surface area contributed by atoms with Gasteiger partial charge in [0.2, 0.25) is 0 Å². The first-order valence-electron chi connectivity index (χ1n) is 10.6. The highest BCUT2D eigenvalue weighted by Gasteiger charge is 2.31. The van der Waals surface area contributed by atoms with E-state index in [0.29, 0.717) is 25.3 Å². The van der Waals surface area contributed by atoms with E-state index in [0.717, 1.165) is 17.7 Å². The van der Waals surface area contributed by atoms with Crippen LogP contribution in [-0.4, -0.2) is 74.2 Å². The van der Waals surface area contributed by atoms with Crippen LogP contribution in [0.15, 0.2) is 48.5 Å². The van der Waals surface area contributed by atoms with Crippen LogP contribution in [0.2, 0.25) is 0 Å². The fourth-order valence-corrected chi connectivity index (χ4v) is 3.70. The van der Waals surface area contributed by atoms with E-state index in [9.17, 15) is 22.8 Å². The second kappa shape index (κ2) is 10.8. The standard InChI is InChI=1S/C24H27F3N2O4/c1-17-5-3-4-6-21(17)23(31)29-12-14-33-20(16-29)15-28(11-13-32-2)22(30)18-7-9-19(10-8-18)24(25,26)27/h3-10,20H,11-16H2,1-2H3. The Labute approximate surface area is 190 Å². The lowest BCUT2D eigenvalue weighted by Crippen LogP contribution is -2.51. The second-order valence-electron chi connectivity index (χ2n) is 7.88. The zero-order valence-corrected chi connectivity index (χ0v) is 18.6. The highest BCUT2D eigenvalue weighted by Crippen LogP contribution is 2.29. The van der Waals surface area contributed by atoms with Crippen molar-refractivity contribution in [1.82, 2.24) is 9.80 Å². The number of alkyl halides is 3. The number of methoxy groups -OCH3 is 1. The Balaban J connectivity index is 1.71. The quantitative estimate of drug-likeness (QED) is 0.628. The third-order valence-corrected chi connectivity index (χ3v) is 5.54. The van der Waals surface area contributed by atoms with E-state index in [1.54, 1.807) is 11.0 Å². The van der Waals surface area contributed by atoms with Crippen LogP contribution >= 0.6 is 0 Å². The van der Waals surface area contributed by atoms with Gasteiger partial charge in [0, 0.05) is 44.4 Å². The van der Waals surface area contributed by atoms with Crippen molar-refractivity contribution in [2.45, 2.75) is 19.2 Å². The number of hydrogen-bond acceptors (Lipinski definition) is 4. The van der Waals surface area contributed by atoms with Gasteiger partial charge in [-0.05, 0) is 42.8 Å². The molecule has 1 saturated heterocycles. The van der Waals surface area contributed by atoms with Gasteiger partial charge >= 0.3 is 6.18 Å². The molecule has 1 unspecified atom stereocenters. The first-order valence-corrected chi connectivity index (χ1v) is 10.6. The van der Waals surface area contributed by atoms with E-state index in [-0.39, 0.29) is 31.2 Å². The average molecular weight is 464 g/mol. The molecule has 0 bridgehead atoms. The number of ether oxygens (including phenoxy) is 2. The van der Waals surface area contributed by atoms with Gasteiger partial charge in [0.25, 0.3) is 11.8 Å². The lowest BCUT2D eigenvalue weighted by atomic mass is 10.1. The predicted octanol–water partition coefficient (Wildman–Crippen LogP) is 3.64. The van der Waals surface area contributed by atoms with Gasteiger partial charge in [0.1, 0.15) is 0 Å². The molecular formula is C24H27F3N2O4. The number of benzene rings is 2. The molecule has 0 aliphatic carbocycles. The van der Waals surface area contributed by atoms with E-state index in [1.807, 2.05) is 25.1 Å². The number of aryl methyl sites for hydroxylation is 1. The molecule has 1 fully saturated rings. The van der Waals surface area contributed by atoms with E-state index in [2.05, 4.69) is 0 Å². The van der Waals surface area contributed by atoms with Gasteiger partial charge in [0.15, 0.2) is 0 Å². The highest BCUT2D eigenvalue weighted by atomic mass is 19.4. The summed E-state index contributed by atoms with van der Waals surface area (Å²) in [6.45, 7) is 3.62. The molecule has 2 aromatic rings. The van der Waals surface area contributed by atoms with Gasteiger partial charge < -0.3 is 19.3 Å². The molecule has 1 atom stereocenters. The molecule has 178 valence electrons. The zero-order valence-electron chi connectivity index (χ0n) is 18.6. The van der Waals surface area contributed by atoms with Gasteiger partial charge in [-0.2, -0.15) is 13.2 Å². The zero-order chi connectivity index (χ0) is 24.0. The Hall–Kier alpha value is -2.91. The summed E-state index contributed by atoms with van der Waals surface area (Å²) in [7, 11) is 1.50. The monoisotopic (exact) mass is 464 g/mol. The molecule has 0 N–H and O–H groups in total. The molecule has 2 aromatic carbocycles. The predicted molar refractivity (Wildman–Crippen MR) is 116 cm³/mol. The van der Waals surface area contributed by atoms with Gasteiger partial charge in [0.05, 0.1) is 24.9 Å². The Morgan fingerprint density at radius 3 is 2.48 bits per heavy atom. The van der Waals surface area contributed by atoms with E-state index >= 15 is 0 Å². The largest absolute Gasteiger partial charge is 0.416 e. The van der Waals surface area contributed by atoms with Gasteiger partial charge in [-0.3, -0.25) is 9.59 Å². The van der Waals surface area contributed by atoms with Crippen LogP contribution in [0.4, 0.5) is 13.2 Å². The second-order valence-corrected chi connectivity index (χ2v) is 7.88. The summed E-state index contributed by atoms with van der Waals surface area (Å²) >= 11 is 0. The first kappa shape index (κ1) is 24.7. The normalized spacial score (nSPS) is 16.5. The molecule has 0 saturated carbocycles. The third-order valence-electron chi connectivity index (χ3n) is 5.54. The lowest BCUT2D eigenvalue weighted by Gasteiger charge is -2.36. The number of carbonyl (C=O) groups is 2. The Morgan fingerprint density at radius 1 is 1.15 bits per heavy atom. The molecule has 0 radical (unpaired) electrons. The van der Waals surface area contributed by atoms with Crippen molar-refractivity contribution >= 4 is 11.8 Å². The maximum atomic E-state index is 13.0. The Kier molecular flexibility index (Phi) is 8.10. The van der Waals surface area contributed by atoms with Crippen molar-refractivity contribution < 1.29 is 32.2 Å². The summed E-state index contributed by atoms with van der Waals surface area (Å²) < 4.78 is 49.4. The lowest BCUT2D eigenvalue weighted by molar-refractivity contribution is -0.137. The fraction of sp³-hybridized carbons (Fsp3) is 0.417. The van der Waals surface area contributed by atoms with Crippen molar-refractivity contribution in [2.75, 3.05) is 46.5 Å². The van der Waals surface area contributed by atoms with Crippen LogP contribution in [0.3, 0.4) is 0 Å². The van der Waals surface area contributed by atoms with Crippen LogP contribution in [0.25, 0.3) is 0 Å². The van der Waals surface area contributed by atoms with Crippen LogP contribution < -0.4 is 0 Å². The molecule has 2 amide bonds. The minimum Gasteiger partial charge on any atom is -0.383 e. The number of hydrogen-bond donors (Lipinski definition) is 0. The molecular weight excluding hydrogens is 437 g/mol. The SMILES string of the molecule is COCCN(CC1CN(C(=O)c2ccccc2C)CCO1)C(=O)c1ccc(C(F)(F)F)cc1. The molecule has 1 aliphatic rings.